The molecule has 0 saturated carbocycles. The Balaban J connectivity index is 2.73. The zero-order chi connectivity index (χ0) is 14.6. The first kappa shape index (κ1) is 16.7. The minimum atomic E-state index is 0.186. The Morgan fingerprint density at radius 2 is 1.95 bits per heavy atom. The van der Waals surface area contributed by atoms with Gasteiger partial charge in [-0.3, -0.25) is 4.68 Å². The predicted octanol–water partition coefficient (Wildman–Crippen LogP) is 3.70. The maximum Gasteiger partial charge on any atom is 0.0766 e. The molecular formula is C15H28BrN3. The first-order valence-corrected chi connectivity index (χ1v) is 8.03. The van der Waals surface area contributed by atoms with Crippen molar-refractivity contribution in [3.8, 4) is 0 Å². The van der Waals surface area contributed by atoms with Crippen LogP contribution in [0.2, 0.25) is 0 Å². The van der Waals surface area contributed by atoms with E-state index in [1.807, 2.05) is 11.7 Å². The number of hydrogen-bond acceptors (Lipinski definition) is 2. The molecule has 1 heterocycles. The van der Waals surface area contributed by atoms with Crippen molar-refractivity contribution < 1.29 is 0 Å². The highest BCUT2D eigenvalue weighted by molar-refractivity contribution is 9.10. The summed E-state index contributed by atoms with van der Waals surface area (Å²) < 4.78 is 3.23. The summed E-state index contributed by atoms with van der Waals surface area (Å²) in [6.45, 7) is 12.1. The second kappa shape index (κ2) is 6.89. The van der Waals surface area contributed by atoms with Crippen LogP contribution in [0.5, 0.6) is 0 Å². The van der Waals surface area contributed by atoms with Crippen LogP contribution in [0.4, 0.5) is 0 Å². The third-order valence-electron chi connectivity index (χ3n) is 3.48. The summed E-state index contributed by atoms with van der Waals surface area (Å²) in [6, 6.07) is 0. The van der Waals surface area contributed by atoms with E-state index in [1.165, 1.54) is 16.6 Å². The van der Waals surface area contributed by atoms with Gasteiger partial charge in [0.25, 0.3) is 0 Å². The Labute approximate surface area is 126 Å². The summed E-state index contributed by atoms with van der Waals surface area (Å²) in [4.78, 5) is 0. The van der Waals surface area contributed by atoms with E-state index < -0.39 is 0 Å². The highest BCUT2D eigenvalue weighted by Crippen LogP contribution is 2.25. The number of rotatable bonds is 6. The van der Waals surface area contributed by atoms with Gasteiger partial charge in [-0.1, -0.05) is 20.3 Å². The smallest absolute Gasteiger partial charge is 0.0766 e. The first-order chi connectivity index (χ1) is 8.78. The highest BCUT2D eigenvalue weighted by Gasteiger charge is 2.18. The monoisotopic (exact) mass is 329 g/mol. The van der Waals surface area contributed by atoms with Crippen molar-refractivity contribution in [2.45, 2.75) is 59.4 Å². The number of nitrogens with zero attached hydrogens (tertiary/aromatic N) is 2. The molecule has 0 spiro atoms. The van der Waals surface area contributed by atoms with Crippen molar-refractivity contribution in [3.05, 3.63) is 15.9 Å². The van der Waals surface area contributed by atoms with Crippen molar-refractivity contribution >= 4 is 15.9 Å². The number of halogens is 1. The van der Waals surface area contributed by atoms with E-state index in [4.69, 9.17) is 0 Å². The summed E-state index contributed by atoms with van der Waals surface area (Å²) >= 11 is 3.71. The Bertz CT molecular complexity index is 404. The number of nitrogens with one attached hydrogen (secondary N) is 1. The maximum absolute atomic E-state index is 4.57. The number of aryl methyl sites for hydroxylation is 2. The Kier molecular flexibility index (Phi) is 6.06. The molecule has 0 bridgehead atoms. The van der Waals surface area contributed by atoms with E-state index in [0.29, 0.717) is 5.92 Å². The van der Waals surface area contributed by atoms with Gasteiger partial charge >= 0.3 is 0 Å². The molecule has 110 valence electrons. The van der Waals surface area contributed by atoms with Gasteiger partial charge in [0.2, 0.25) is 0 Å². The van der Waals surface area contributed by atoms with Crippen LogP contribution in [-0.4, -0.2) is 21.9 Å². The molecule has 19 heavy (non-hydrogen) atoms. The molecule has 1 unspecified atom stereocenters. The molecule has 1 atom stereocenters. The summed E-state index contributed by atoms with van der Waals surface area (Å²) in [5.74, 6) is 0.649. The molecule has 0 radical (unpaired) electrons. The molecule has 1 rings (SSSR count). The zero-order valence-corrected chi connectivity index (χ0v) is 14.8. The predicted molar refractivity (Wildman–Crippen MR) is 85.5 cm³/mol. The Hall–Kier alpha value is -0.350. The molecule has 3 nitrogen and oxygen atoms in total. The van der Waals surface area contributed by atoms with Crippen LogP contribution < -0.4 is 5.32 Å². The van der Waals surface area contributed by atoms with E-state index in [1.54, 1.807) is 0 Å². The third kappa shape index (κ3) is 4.92. The Morgan fingerprint density at radius 1 is 1.32 bits per heavy atom. The normalized spacial score (nSPS) is 13.8. The fraction of sp³-hybridized carbons (Fsp3) is 0.800. The van der Waals surface area contributed by atoms with Crippen molar-refractivity contribution in [2.75, 3.05) is 6.54 Å². The number of aromatic nitrogens is 2. The topological polar surface area (TPSA) is 29.9 Å². The molecule has 0 amide bonds. The first-order valence-electron chi connectivity index (χ1n) is 7.23. The lowest BCUT2D eigenvalue weighted by atomic mass is 9.98. The average molecular weight is 330 g/mol. The minimum Gasteiger partial charge on any atom is -0.312 e. The van der Waals surface area contributed by atoms with Gasteiger partial charge in [0.05, 0.1) is 15.9 Å². The van der Waals surface area contributed by atoms with E-state index in [2.05, 4.69) is 61.0 Å². The van der Waals surface area contributed by atoms with Crippen molar-refractivity contribution in [2.24, 2.45) is 13.0 Å². The van der Waals surface area contributed by atoms with E-state index in [0.717, 1.165) is 25.1 Å². The van der Waals surface area contributed by atoms with Gasteiger partial charge in [-0.05, 0) is 62.0 Å². The van der Waals surface area contributed by atoms with Crippen LogP contribution in [0.1, 0.15) is 52.4 Å². The summed E-state index contributed by atoms with van der Waals surface area (Å²) in [7, 11) is 2.04. The molecule has 1 N–H and O–H groups in total. The molecule has 0 aliphatic heterocycles. The van der Waals surface area contributed by atoms with Crippen LogP contribution in [0.15, 0.2) is 4.47 Å². The summed E-state index contributed by atoms with van der Waals surface area (Å²) in [6.07, 6.45) is 3.23. The van der Waals surface area contributed by atoms with Crippen LogP contribution >= 0.6 is 15.9 Å². The van der Waals surface area contributed by atoms with Crippen molar-refractivity contribution in [3.63, 3.8) is 0 Å². The minimum absolute atomic E-state index is 0.186. The second-order valence-corrected chi connectivity index (χ2v) is 7.09. The van der Waals surface area contributed by atoms with Crippen molar-refractivity contribution in [1.29, 1.82) is 0 Å². The third-order valence-corrected chi connectivity index (χ3v) is 4.40. The zero-order valence-electron chi connectivity index (χ0n) is 13.2. The van der Waals surface area contributed by atoms with Crippen LogP contribution in [0.25, 0.3) is 0 Å². The SMILES string of the molecule is CCc1nn(C)c(CC(CC)CNC(C)(C)C)c1Br. The molecule has 4 heteroatoms. The molecule has 0 fully saturated rings. The maximum atomic E-state index is 4.57. The summed E-state index contributed by atoms with van der Waals surface area (Å²) in [5.41, 5.74) is 2.67. The van der Waals surface area contributed by atoms with Crippen LogP contribution in [-0.2, 0) is 19.9 Å². The quantitative estimate of drug-likeness (QED) is 0.862. The van der Waals surface area contributed by atoms with Gasteiger partial charge < -0.3 is 5.32 Å². The molecule has 0 aromatic carbocycles. The van der Waals surface area contributed by atoms with Gasteiger partial charge in [0.1, 0.15) is 0 Å². The molecule has 1 aromatic rings. The standard InChI is InChI=1S/C15H28BrN3/c1-7-11(10-17-15(3,4)5)9-13-14(16)12(8-2)18-19(13)6/h11,17H,7-10H2,1-6H3. The van der Waals surface area contributed by atoms with Crippen molar-refractivity contribution in [1.82, 2.24) is 15.1 Å². The van der Waals surface area contributed by atoms with Gasteiger partial charge in [0, 0.05) is 12.6 Å². The molecule has 1 aromatic heterocycles. The van der Waals surface area contributed by atoms with Gasteiger partial charge in [0.15, 0.2) is 0 Å². The Morgan fingerprint density at radius 3 is 2.37 bits per heavy atom. The number of hydrogen-bond donors (Lipinski definition) is 1. The van der Waals surface area contributed by atoms with Crippen LogP contribution in [0.3, 0.4) is 0 Å². The van der Waals surface area contributed by atoms with Gasteiger partial charge in [-0.25, -0.2) is 0 Å². The molecular weight excluding hydrogens is 302 g/mol. The molecule has 0 saturated heterocycles. The second-order valence-electron chi connectivity index (χ2n) is 6.29. The average Bonchev–Trinajstić information content (AvgIpc) is 2.59. The molecule has 0 aliphatic rings. The van der Waals surface area contributed by atoms with Gasteiger partial charge in [-0.2, -0.15) is 5.10 Å². The highest BCUT2D eigenvalue weighted by atomic mass is 79.9. The lowest BCUT2D eigenvalue weighted by molar-refractivity contribution is 0.359. The van der Waals surface area contributed by atoms with E-state index in [9.17, 15) is 0 Å². The lowest BCUT2D eigenvalue weighted by Gasteiger charge is -2.25. The largest absolute Gasteiger partial charge is 0.312 e. The van der Waals surface area contributed by atoms with Crippen LogP contribution in [0, 0.1) is 5.92 Å². The van der Waals surface area contributed by atoms with E-state index in [-0.39, 0.29) is 5.54 Å². The fourth-order valence-corrected chi connectivity index (χ4v) is 2.90. The summed E-state index contributed by atoms with van der Waals surface area (Å²) in [5, 5.41) is 8.18. The van der Waals surface area contributed by atoms with Gasteiger partial charge in [-0.15, -0.1) is 0 Å². The lowest BCUT2D eigenvalue weighted by Crippen LogP contribution is -2.39. The molecule has 0 aliphatic carbocycles. The fourth-order valence-electron chi connectivity index (χ4n) is 2.13. The van der Waals surface area contributed by atoms with E-state index >= 15 is 0 Å².